The Labute approximate surface area is 101 Å². The van der Waals surface area contributed by atoms with Crippen LogP contribution in [0.15, 0.2) is 24.3 Å². The van der Waals surface area contributed by atoms with E-state index >= 15 is 0 Å². The molecular formula is C11H15Cl2NO. The Morgan fingerprint density at radius 2 is 2.00 bits per heavy atom. The van der Waals surface area contributed by atoms with Gasteiger partial charge in [-0.15, -0.1) is 12.4 Å². The third-order valence-electron chi connectivity index (χ3n) is 2.54. The molecular weight excluding hydrogens is 233 g/mol. The van der Waals surface area contributed by atoms with Crippen LogP contribution in [0.2, 0.25) is 5.02 Å². The van der Waals surface area contributed by atoms with Crippen LogP contribution in [0.5, 0.6) is 0 Å². The van der Waals surface area contributed by atoms with Crippen molar-refractivity contribution in [1.82, 2.24) is 5.32 Å². The molecule has 2 atom stereocenters. The molecule has 0 spiro atoms. The Balaban J connectivity index is 0.00000112. The molecule has 0 bridgehead atoms. The summed E-state index contributed by atoms with van der Waals surface area (Å²) >= 11 is 5.83. The molecule has 1 aliphatic rings. The molecule has 2 rings (SSSR count). The van der Waals surface area contributed by atoms with Crippen LogP contribution in [-0.4, -0.2) is 12.6 Å². The molecule has 1 heterocycles. The maximum atomic E-state index is 5.83. The fourth-order valence-electron chi connectivity index (χ4n) is 1.78. The number of nitrogens with one attached hydrogen (secondary N) is 1. The molecule has 0 amide bonds. The van der Waals surface area contributed by atoms with Gasteiger partial charge in [-0.3, -0.25) is 5.32 Å². The van der Waals surface area contributed by atoms with Crippen LogP contribution in [0.25, 0.3) is 0 Å². The van der Waals surface area contributed by atoms with E-state index in [0.29, 0.717) is 6.04 Å². The number of benzene rings is 1. The first-order valence-electron chi connectivity index (χ1n) is 4.78. The third-order valence-corrected chi connectivity index (χ3v) is 2.79. The summed E-state index contributed by atoms with van der Waals surface area (Å²) in [4.78, 5) is 0. The van der Waals surface area contributed by atoms with Gasteiger partial charge in [-0.05, 0) is 31.5 Å². The summed E-state index contributed by atoms with van der Waals surface area (Å²) in [5.41, 5.74) is 0.760. The molecule has 4 heteroatoms. The van der Waals surface area contributed by atoms with Gasteiger partial charge in [-0.25, -0.2) is 0 Å². The van der Waals surface area contributed by atoms with Crippen LogP contribution in [0.1, 0.15) is 19.4 Å². The molecule has 1 aromatic rings. The third kappa shape index (κ3) is 2.64. The van der Waals surface area contributed by atoms with Gasteiger partial charge in [0.05, 0.1) is 6.61 Å². The standard InChI is InChI=1S/C11H14ClNO.ClH/c1-8-7-14-11(2,13-8)9-3-5-10(12)6-4-9;/h3-6,8,13H,7H2,1-2H3;1H. The van der Waals surface area contributed by atoms with E-state index in [9.17, 15) is 0 Å². The largest absolute Gasteiger partial charge is 0.355 e. The van der Waals surface area contributed by atoms with Crippen molar-refractivity contribution < 1.29 is 4.74 Å². The fourth-order valence-corrected chi connectivity index (χ4v) is 1.91. The quantitative estimate of drug-likeness (QED) is 0.825. The molecule has 2 nitrogen and oxygen atoms in total. The van der Waals surface area contributed by atoms with Crippen molar-refractivity contribution >= 4 is 24.0 Å². The van der Waals surface area contributed by atoms with Gasteiger partial charge in [0.2, 0.25) is 0 Å². The van der Waals surface area contributed by atoms with E-state index in [4.69, 9.17) is 16.3 Å². The monoisotopic (exact) mass is 247 g/mol. The second-order valence-corrected chi connectivity index (χ2v) is 4.33. The Morgan fingerprint density at radius 3 is 2.47 bits per heavy atom. The molecule has 1 N–H and O–H groups in total. The first-order valence-corrected chi connectivity index (χ1v) is 5.16. The van der Waals surface area contributed by atoms with E-state index in [2.05, 4.69) is 12.2 Å². The number of hydrogen-bond donors (Lipinski definition) is 1. The Kier molecular flexibility index (Phi) is 4.01. The van der Waals surface area contributed by atoms with Gasteiger partial charge in [0.15, 0.2) is 0 Å². The Bertz CT molecular complexity index is 328. The van der Waals surface area contributed by atoms with Gasteiger partial charge < -0.3 is 4.74 Å². The zero-order valence-corrected chi connectivity index (χ0v) is 10.4. The molecule has 15 heavy (non-hydrogen) atoms. The van der Waals surface area contributed by atoms with Gasteiger partial charge >= 0.3 is 0 Å². The zero-order valence-electron chi connectivity index (χ0n) is 8.79. The average Bonchev–Trinajstić information content (AvgIpc) is 2.48. The molecule has 0 aromatic heterocycles. The van der Waals surface area contributed by atoms with Crippen LogP contribution >= 0.6 is 24.0 Å². The molecule has 0 aliphatic carbocycles. The first-order chi connectivity index (χ1) is 6.60. The highest BCUT2D eigenvalue weighted by Gasteiger charge is 2.34. The topological polar surface area (TPSA) is 21.3 Å². The Morgan fingerprint density at radius 1 is 1.40 bits per heavy atom. The molecule has 2 unspecified atom stereocenters. The number of ether oxygens (including phenoxy) is 1. The number of rotatable bonds is 1. The molecule has 1 saturated heterocycles. The molecule has 0 radical (unpaired) electrons. The van der Waals surface area contributed by atoms with Crippen molar-refractivity contribution in [2.24, 2.45) is 0 Å². The van der Waals surface area contributed by atoms with Gasteiger partial charge in [-0.2, -0.15) is 0 Å². The molecule has 1 fully saturated rings. The first kappa shape index (κ1) is 12.8. The average molecular weight is 248 g/mol. The molecule has 1 aromatic carbocycles. The lowest BCUT2D eigenvalue weighted by molar-refractivity contribution is 0.00237. The summed E-state index contributed by atoms with van der Waals surface area (Å²) in [7, 11) is 0. The van der Waals surface area contributed by atoms with Crippen molar-refractivity contribution in [1.29, 1.82) is 0 Å². The normalized spacial score (nSPS) is 29.9. The van der Waals surface area contributed by atoms with E-state index in [0.717, 1.165) is 17.2 Å². The highest BCUT2D eigenvalue weighted by Crippen LogP contribution is 2.28. The number of hydrogen-bond acceptors (Lipinski definition) is 2. The smallest absolute Gasteiger partial charge is 0.142 e. The van der Waals surface area contributed by atoms with Crippen molar-refractivity contribution in [2.75, 3.05) is 6.61 Å². The summed E-state index contributed by atoms with van der Waals surface area (Å²) in [6.07, 6.45) is 0. The van der Waals surface area contributed by atoms with Crippen molar-refractivity contribution in [3.8, 4) is 0 Å². The predicted octanol–water partition coefficient (Wildman–Crippen LogP) is 2.94. The second-order valence-electron chi connectivity index (χ2n) is 3.90. The highest BCUT2D eigenvalue weighted by atomic mass is 35.5. The SMILES string of the molecule is CC1COC(C)(c2ccc(Cl)cc2)N1.Cl. The van der Waals surface area contributed by atoms with E-state index in [1.807, 2.05) is 31.2 Å². The minimum absolute atomic E-state index is 0. The summed E-state index contributed by atoms with van der Waals surface area (Å²) in [5.74, 6) is 0. The van der Waals surface area contributed by atoms with Crippen molar-refractivity contribution in [3.63, 3.8) is 0 Å². The predicted molar refractivity (Wildman–Crippen MR) is 64.6 cm³/mol. The summed E-state index contributed by atoms with van der Waals surface area (Å²) in [5, 5.41) is 4.15. The van der Waals surface area contributed by atoms with Crippen LogP contribution in [0.4, 0.5) is 0 Å². The highest BCUT2D eigenvalue weighted by molar-refractivity contribution is 6.30. The van der Waals surface area contributed by atoms with E-state index in [-0.39, 0.29) is 18.1 Å². The van der Waals surface area contributed by atoms with E-state index in [1.165, 1.54) is 0 Å². The lowest BCUT2D eigenvalue weighted by Gasteiger charge is -2.24. The summed E-state index contributed by atoms with van der Waals surface area (Å²) in [6, 6.07) is 8.16. The number of halogens is 2. The Hall–Kier alpha value is -0.280. The molecule has 0 saturated carbocycles. The van der Waals surface area contributed by atoms with Crippen LogP contribution in [0.3, 0.4) is 0 Å². The van der Waals surface area contributed by atoms with Crippen LogP contribution < -0.4 is 5.32 Å². The van der Waals surface area contributed by atoms with Gasteiger partial charge in [0.25, 0.3) is 0 Å². The van der Waals surface area contributed by atoms with Crippen molar-refractivity contribution in [3.05, 3.63) is 34.9 Å². The summed E-state index contributed by atoms with van der Waals surface area (Å²) in [6.45, 7) is 4.90. The zero-order chi connectivity index (χ0) is 10.2. The molecule has 1 aliphatic heterocycles. The maximum absolute atomic E-state index is 5.83. The van der Waals surface area contributed by atoms with Gasteiger partial charge in [0.1, 0.15) is 5.72 Å². The lowest BCUT2D eigenvalue weighted by Crippen LogP contribution is -2.37. The minimum atomic E-state index is -0.357. The second kappa shape index (κ2) is 4.71. The molecule has 84 valence electrons. The maximum Gasteiger partial charge on any atom is 0.142 e. The van der Waals surface area contributed by atoms with Gasteiger partial charge in [0, 0.05) is 11.1 Å². The fraction of sp³-hybridized carbons (Fsp3) is 0.455. The van der Waals surface area contributed by atoms with Gasteiger partial charge in [-0.1, -0.05) is 23.7 Å². The summed E-state index contributed by atoms with van der Waals surface area (Å²) < 4.78 is 5.72. The van der Waals surface area contributed by atoms with E-state index in [1.54, 1.807) is 0 Å². The van der Waals surface area contributed by atoms with Crippen LogP contribution in [-0.2, 0) is 10.5 Å². The lowest BCUT2D eigenvalue weighted by atomic mass is 10.1. The van der Waals surface area contributed by atoms with Crippen LogP contribution in [0, 0.1) is 0 Å². The minimum Gasteiger partial charge on any atom is -0.355 e. The van der Waals surface area contributed by atoms with E-state index < -0.39 is 0 Å². The van der Waals surface area contributed by atoms with Crippen molar-refractivity contribution in [2.45, 2.75) is 25.6 Å².